The number of hydrogen-bond acceptors (Lipinski definition) is 2. The number of hydrogen-bond donors (Lipinski definition) is 0. The summed E-state index contributed by atoms with van der Waals surface area (Å²) < 4.78 is 1.80. The first-order valence-electron chi connectivity index (χ1n) is 3.87. The zero-order chi connectivity index (χ0) is 10.7. The molecule has 1 aromatic heterocycles. The van der Waals surface area contributed by atoms with Gasteiger partial charge in [0.05, 0.1) is 13.1 Å². The maximum absolute atomic E-state index is 11.8. The summed E-state index contributed by atoms with van der Waals surface area (Å²) >= 11 is 8.18. The fourth-order valence-electron chi connectivity index (χ4n) is 0.968. The van der Waals surface area contributed by atoms with E-state index >= 15 is 0 Å². The number of carbonyl (C=O) groups is 1. The SMILES string of the molecule is C=CCN(C)C(=O)c1cc(Br)sc1Br. The molecule has 0 spiro atoms. The fourth-order valence-corrected chi connectivity index (χ4v) is 3.75. The first-order valence-corrected chi connectivity index (χ1v) is 6.27. The van der Waals surface area contributed by atoms with Gasteiger partial charge in [0, 0.05) is 13.6 Å². The molecule has 5 heteroatoms. The van der Waals surface area contributed by atoms with Crippen LogP contribution in [0.3, 0.4) is 0 Å². The van der Waals surface area contributed by atoms with Crippen LogP contribution >= 0.6 is 43.2 Å². The molecule has 0 aromatic carbocycles. The predicted molar refractivity (Wildman–Crippen MR) is 66.9 cm³/mol. The van der Waals surface area contributed by atoms with E-state index in [1.54, 1.807) is 18.0 Å². The van der Waals surface area contributed by atoms with Crippen molar-refractivity contribution in [2.45, 2.75) is 0 Å². The molecule has 14 heavy (non-hydrogen) atoms. The minimum absolute atomic E-state index is 0.00118. The van der Waals surface area contributed by atoms with Crippen molar-refractivity contribution in [3.8, 4) is 0 Å². The van der Waals surface area contributed by atoms with Crippen molar-refractivity contribution in [3.63, 3.8) is 0 Å². The van der Waals surface area contributed by atoms with E-state index in [2.05, 4.69) is 38.4 Å². The van der Waals surface area contributed by atoms with Crippen LogP contribution in [0.4, 0.5) is 0 Å². The van der Waals surface area contributed by atoms with E-state index in [0.717, 1.165) is 7.57 Å². The first kappa shape index (κ1) is 11.9. The van der Waals surface area contributed by atoms with E-state index in [0.29, 0.717) is 12.1 Å². The molecule has 1 heterocycles. The van der Waals surface area contributed by atoms with Crippen LogP contribution in [0, 0.1) is 0 Å². The van der Waals surface area contributed by atoms with Crippen LogP contribution in [0.2, 0.25) is 0 Å². The molecule has 0 radical (unpaired) electrons. The van der Waals surface area contributed by atoms with Gasteiger partial charge in [-0.15, -0.1) is 17.9 Å². The molecule has 1 amide bonds. The van der Waals surface area contributed by atoms with Gasteiger partial charge in [-0.05, 0) is 37.9 Å². The topological polar surface area (TPSA) is 20.3 Å². The van der Waals surface area contributed by atoms with Crippen molar-refractivity contribution < 1.29 is 4.79 Å². The molecule has 1 aromatic rings. The highest BCUT2D eigenvalue weighted by Crippen LogP contribution is 2.32. The Balaban J connectivity index is 2.88. The highest BCUT2D eigenvalue weighted by atomic mass is 79.9. The fraction of sp³-hybridized carbons (Fsp3) is 0.222. The van der Waals surface area contributed by atoms with Gasteiger partial charge in [0.25, 0.3) is 5.91 Å². The van der Waals surface area contributed by atoms with Crippen molar-refractivity contribution in [2.24, 2.45) is 0 Å². The Morgan fingerprint density at radius 3 is 2.79 bits per heavy atom. The summed E-state index contributed by atoms with van der Waals surface area (Å²) in [5.41, 5.74) is 0.686. The Hall–Kier alpha value is -0.130. The van der Waals surface area contributed by atoms with Gasteiger partial charge in [0.2, 0.25) is 0 Å². The highest BCUT2D eigenvalue weighted by Gasteiger charge is 2.16. The molecule has 0 saturated heterocycles. The van der Waals surface area contributed by atoms with Crippen LogP contribution in [0.1, 0.15) is 10.4 Å². The maximum Gasteiger partial charge on any atom is 0.255 e. The summed E-state index contributed by atoms with van der Waals surface area (Å²) in [4.78, 5) is 13.4. The van der Waals surface area contributed by atoms with E-state index in [-0.39, 0.29) is 5.91 Å². The predicted octanol–water partition coefficient (Wildman–Crippen LogP) is 3.53. The van der Waals surface area contributed by atoms with Crippen LogP contribution in [-0.4, -0.2) is 24.4 Å². The lowest BCUT2D eigenvalue weighted by atomic mass is 10.3. The Morgan fingerprint density at radius 2 is 2.36 bits per heavy atom. The lowest BCUT2D eigenvalue weighted by molar-refractivity contribution is 0.0810. The summed E-state index contributed by atoms with van der Waals surface area (Å²) in [7, 11) is 1.75. The number of halogens is 2. The second-order valence-corrected chi connectivity index (χ2v) is 6.46. The molecule has 0 fully saturated rings. The quantitative estimate of drug-likeness (QED) is 0.772. The molecule has 0 aliphatic carbocycles. The molecule has 0 aliphatic heterocycles. The van der Waals surface area contributed by atoms with Crippen molar-refractivity contribution in [2.75, 3.05) is 13.6 Å². The summed E-state index contributed by atoms with van der Waals surface area (Å²) in [6.45, 7) is 4.15. The molecule has 0 aliphatic rings. The molecule has 0 bridgehead atoms. The zero-order valence-electron chi connectivity index (χ0n) is 7.59. The molecule has 76 valence electrons. The molecule has 2 nitrogen and oxygen atoms in total. The van der Waals surface area contributed by atoms with Crippen molar-refractivity contribution in [3.05, 3.63) is 31.9 Å². The van der Waals surface area contributed by atoms with E-state index in [9.17, 15) is 4.79 Å². The zero-order valence-corrected chi connectivity index (χ0v) is 11.6. The van der Waals surface area contributed by atoms with Gasteiger partial charge in [-0.1, -0.05) is 6.08 Å². The molecule has 0 atom stereocenters. The van der Waals surface area contributed by atoms with Crippen LogP contribution in [0.15, 0.2) is 26.3 Å². The van der Waals surface area contributed by atoms with E-state index in [1.165, 1.54) is 11.3 Å². The van der Waals surface area contributed by atoms with Crippen LogP contribution in [0.25, 0.3) is 0 Å². The smallest absolute Gasteiger partial charge is 0.255 e. The average molecular weight is 339 g/mol. The van der Waals surface area contributed by atoms with Crippen molar-refractivity contribution in [1.82, 2.24) is 4.90 Å². The highest BCUT2D eigenvalue weighted by molar-refractivity contribution is 9.12. The molecular weight excluding hydrogens is 330 g/mol. The van der Waals surface area contributed by atoms with E-state index in [4.69, 9.17) is 0 Å². The van der Waals surface area contributed by atoms with Crippen LogP contribution in [-0.2, 0) is 0 Å². The third kappa shape index (κ3) is 2.68. The van der Waals surface area contributed by atoms with Gasteiger partial charge < -0.3 is 4.90 Å². The lowest BCUT2D eigenvalue weighted by Gasteiger charge is -2.13. The monoisotopic (exact) mass is 337 g/mol. The second kappa shape index (κ2) is 5.09. The number of carbonyl (C=O) groups excluding carboxylic acids is 1. The second-order valence-electron chi connectivity index (χ2n) is 2.71. The van der Waals surface area contributed by atoms with Gasteiger partial charge in [0.15, 0.2) is 0 Å². The number of amides is 1. The number of thiophene rings is 1. The Kier molecular flexibility index (Phi) is 4.34. The van der Waals surface area contributed by atoms with Crippen molar-refractivity contribution in [1.29, 1.82) is 0 Å². The van der Waals surface area contributed by atoms with Gasteiger partial charge in [-0.25, -0.2) is 0 Å². The average Bonchev–Trinajstić information content (AvgIpc) is 2.44. The summed E-state index contributed by atoms with van der Waals surface area (Å²) in [5.74, 6) is -0.00118. The minimum atomic E-state index is -0.00118. The van der Waals surface area contributed by atoms with Crippen LogP contribution < -0.4 is 0 Å². The van der Waals surface area contributed by atoms with Crippen LogP contribution in [0.5, 0.6) is 0 Å². The lowest BCUT2D eigenvalue weighted by Crippen LogP contribution is -2.26. The van der Waals surface area contributed by atoms with E-state index in [1.807, 2.05) is 6.07 Å². The first-order chi connectivity index (χ1) is 6.56. The summed E-state index contributed by atoms with van der Waals surface area (Å²) in [6, 6.07) is 1.82. The number of rotatable bonds is 3. The number of likely N-dealkylation sites (N-methyl/N-ethyl adjacent to an activating group) is 1. The van der Waals surface area contributed by atoms with Crippen molar-refractivity contribution >= 4 is 49.1 Å². The molecule has 1 rings (SSSR count). The maximum atomic E-state index is 11.8. The Bertz CT molecular complexity index is 362. The van der Waals surface area contributed by atoms with E-state index < -0.39 is 0 Å². The molecule has 0 saturated carbocycles. The Labute approximate surface area is 104 Å². The van der Waals surface area contributed by atoms with Gasteiger partial charge in [0.1, 0.15) is 0 Å². The van der Waals surface area contributed by atoms with Gasteiger partial charge >= 0.3 is 0 Å². The molecule has 0 N–H and O–H groups in total. The normalized spacial score (nSPS) is 9.93. The standard InChI is InChI=1S/C9H9Br2NOS/c1-3-4-12(2)9(13)6-5-7(10)14-8(6)11/h3,5H,1,4H2,2H3. The molecule has 0 unspecified atom stereocenters. The third-order valence-corrected chi connectivity index (χ3v) is 3.98. The van der Waals surface area contributed by atoms with Gasteiger partial charge in [-0.2, -0.15) is 0 Å². The number of nitrogens with zero attached hydrogens (tertiary/aromatic N) is 1. The largest absolute Gasteiger partial charge is 0.338 e. The summed E-state index contributed by atoms with van der Waals surface area (Å²) in [5, 5.41) is 0. The van der Waals surface area contributed by atoms with Gasteiger partial charge in [-0.3, -0.25) is 4.79 Å². The summed E-state index contributed by atoms with van der Waals surface area (Å²) in [6.07, 6.45) is 1.70. The third-order valence-electron chi connectivity index (χ3n) is 1.64. The Morgan fingerprint density at radius 1 is 1.71 bits per heavy atom. The molecular formula is C9H9Br2NOS. The minimum Gasteiger partial charge on any atom is -0.338 e.